The zero-order valence-corrected chi connectivity index (χ0v) is 8.32. The third-order valence-corrected chi connectivity index (χ3v) is 2.82. The third kappa shape index (κ3) is 2.23. The van der Waals surface area contributed by atoms with Gasteiger partial charge in [-0.2, -0.15) is 0 Å². The van der Waals surface area contributed by atoms with E-state index in [0.29, 0.717) is 6.04 Å². The van der Waals surface area contributed by atoms with E-state index in [-0.39, 0.29) is 6.04 Å². The Kier molecular flexibility index (Phi) is 2.99. The van der Waals surface area contributed by atoms with E-state index in [2.05, 4.69) is 10.3 Å². The van der Waals surface area contributed by atoms with Crippen LogP contribution in [0.4, 0.5) is 5.82 Å². The fourth-order valence-corrected chi connectivity index (χ4v) is 1.98. The molecule has 0 unspecified atom stereocenters. The van der Waals surface area contributed by atoms with Gasteiger partial charge in [0.2, 0.25) is 0 Å². The molecule has 14 heavy (non-hydrogen) atoms. The lowest BCUT2D eigenvalue weighted by Gasteiger charge is -2.29. The van der Waals surface area contributed by atoms with Crippen molar-refractivity contribution in [1.82, 2.24) is 4.98 Å². The molecule has 3 nitrogen and oxygen atoms in total. The number of nitrogens with one attached hydrogen (secondary N) is 1. The van der Waals surface area contributed by atoms with Gasteiger partial charge < -0.3 is 11.1 Å². The van der Waals surface area contributed by atoms with E-state index in [1.165, 1.54) is 12.8 Å². The first kappa shape index (κ1) is 9.46. The Labute approximate surface area is 84.7 Å². The van der Waals surface area contributed by atoms with E-state index in [0.717, 1.165) is 18.7 Å². The second-order valence-corrected chi connectivity index (χ2v) is 3.91. The quantitative estimate of drug-likeness (QED) is 0.749. The number of rotatable bonds is 2. The molecule has 0 amide bonds. The van der Waals surface area contributed by atoms with Gasteiger partial charge in [0.1, 0.15) is 5.82 Å². The molecule has 1 aromatic heterocycles. The number of nitrogens with two attached hydrogens (primary N) is 1. The molecule has 1 fully saturated rings. The average molecular weight is 191 g/mol. The zero-order valence-electron chi connectivity index (χ0n) is 8.32. The molecular weight excluding hydrogens is 174 g/mol. The molecular formula is C11H17N3. The molecule has 0 bridgehead atoms. The van der Waals surface area contributed by atoms with Gasteiger partial charge in [0.05, 0.1) is 0 Å². The van der Waals surface area contributed by atoms with Crippen LogP contribution in [0.25, 0.3) is 0 Å². The van der Waals surface area contributed by atoms with Crippen molar-refractivity contribution in [3.8, 4) is 0 Å². The van der Waals surface area contributed by atoms with E-state index < -0.39 is 0 Å². The van der Waals surface area contributed by atoms with Crippen molar-refractivity contribution in [2.75, 3.05) is 5.32 Å². The second kappa shape index (κ2) is 4.42. The van der Waals surface area contributed by atoms with Crippen molar-refractivity contribution in [2.24, 2.45) is 5.73 Å². The summed E-state index contributed by atoms with van der Waals surface area (Å²) in [5, 5.41) is 3.39. The molecule has 0 radical (unpaired) electrons. The predicted molar refractivity (Wildman–Crippen MR) is 58.1 cm³/mol. The first-order valence-corrected chi connectivity index (χ1v) is 5.29. The van der Waals surface area contributed by atoms with Crippen molar-refractivity contribution in [3.63, 3.8) is 0 Å². The van der Waals surface area contributed by atoms with Gasteiger partial charge in [0.15, 0.2) is 0 Å². The summed E-state index contributed by atoms with van der Waals surface area (Å²) < 4.78 is 0. The second-order valence-electron chi connectivity index (χ2n) is 3.91. The number of pyridine rings is 1. The largest absolute Gasteiger partial charge is 0.366 e. The summed E-state index contributed by atoms with van der Waals surface area (Å²) in [4.78, 5) is 4.24. The molecule has 3 N–H and O–H groups in total. The molecule has 0 spiro atoms. The van der Waals surface area contributed by atoms with E-state index in [4.69, 9.17) is 5.73 Å². The van der Waals surface area contributed by atoms with Gasteiger partial charge >= 0.3 is 0 Å². The summed E-state index contributed by atoms with van der Waals surface area (Å²) >= 11 is 0. The lowest BCUT2D eigenvalue weighted by atomic mass is 9.91. The van der Waals surface area contributed by atoms with E-state index in [1.54, 1.807) is 6.20 Å². The van der Waals surface area contributed by atoms with Gasteiger partial charge in [-0.15, -0.1) is 0 Å². The molecule has 0 saturated heterocycles. The maximum atomic E-state index is 6.04. The fourth-order valence-electron chi connectivity index (χ4n) is 1.98. The normalized spacial score (nSPS) is 27.2. The Bertz CT molecular complexity index is 273. The minimum atomic E-state index is 0.283. The topological polar surface area (TPSA) is 50.9 Å². The van der Waals surface area contributed by atoms with Gasteiger partial charge in [-0.1, -0.05) is 18.9 Å². The van der Waals surface area contributed by atoms with Crippen LogP contribution in [-0.2, 0) is 0 Å². The van der Waals surface area contributed by atoms with E-state index in [1.807, 2.05) is 18.2 Å². The number of hydrogen-bond donors (Lipinski definition) is 2. The number of aromatic nitrogens is 1. The highest BCUT2D eigenvalue weighted by atomic mass is 15.0. The summed E-state index contributed by atoms with van der Waals surface area (Å²) in [5.41, 5.74) is 6.04. The third-order valence-electron chi connectivity index (χ3n) is 2.82. The monoisotopic (exact) mass is 191 g/mol. The first-order chi connectivity index (χ1) is 6.86. The van der Waals surface area contributed by atoms with Crippen LogP contribution >= 0.6 is 0 Å². The Morgan fingerprint density at radius 2 is 2.14 bits per heavy atom. The zero-order chi connectivity index (χ0) is 9.80. The number of anilines is 1. The molecule has 2 rings (SSSR count). The van der Waals surface area contributed by atoms with Crippen LogP contribution in [0.3, 0.4) is 0 Å². The Hall–Kier alpha value is -1.09. The average Bonchev–Trinajstić information content (AvgIpc) is 2.23. The highest BCUT2D eigenvalue weighted by molar-refractivity contribution is 5.35. The predicted octanol–water partition coefficient (Wildman–Crippen LogP) is 1.76. The summed E-state index contributed by atoms with van der Waals surface area (Å²) in [6.45, 7) is 0. The molecule has 1 aromatic rings. The Balaban J connectivity index is 1.96. The van der Waals surface area contributed by atoms with Crippen molar-refractivity contribution in [1.29, 1.82) is 0 Å². The van der Waals surface area contributed by atoms with Crippen LogP contribution in [0, 0.1) is 0 Å². The minimum absolute atomic E-state index is 0.283. The molecule has 1 aliphatic rings. The molecule has 2 atom stereocenters. The molecule has 3 heteroatoms. The van der Waals surface area contributed by atoms with Crippen LogP contribution < -0.4 is 11.1 Å². The molecule has 1 saturated carbocycles. The highest BCUT2D eigenvalue weighted by Crippen LogP contribution is 2.19. The standard InChI is InChI=1S/C11H17N3/c12-9-5-1-2-6-10(9)14-11-7-3-4-8-13-11/h3-4,7-10H,1-2,5-6,12H2,(H,13,14)/t9-,10-/m0/s1. The number of hydrogen-bond acceptors (Lipinski definition) is 3. The van der Waals surface area contributed by atoms with Crippen molar-refractivity contribution < 1.29 is 0 Å². The highest BCUT2D eigenvalue weighted by Gasteiger charge is 2.21. The van der Waals surface area contributed by atoms with Gasteiger partial charge in [0, 0.05) is 18.3 Å². The van der Waals surface area contributed by atoms with Crippen LogP contribution in [0.5, 0.6) is 0 Å². The minimum Gasteiger partial charge on any atom is -0.366 e. The number of nitrogens with zero attached hydrogens (tertiary/aromatic N) is 1. The van der Waals surface area contributed by atoms with E-state index >= 15 is 0 Å². The van der Waals surface area contributed by atoms with Crippen LogP contribution in [0.2, 0.25) is 0 Å². The van der Waals surface area contributed by atoms with Crippen molar-refractivity contribution in [3.05, 3.63) is 24.4 Å². The van der Waals surface area contributed by atoms with Crippen LogP contribution in [-0.4, -0.2) is 17.1 Å². The van der Waals surface area contributed by atoms with Gasteiger partial charge in [-0.3, -0.25) is 0 Å². The van der Waals surface area contributed by atoms with Crippen molar-refractivity contribution in [2.45, 2.75) is 37.8 Å². The lowest BCUT2D eigenvalue weighted by Crippen LogP contribution is -2.42. The molecule has 0 aliphatic heterocycles. The first-order valence-electron chi connectivity index (χ1n) is 5.29. The van der Waals surface area contributed by atoms with Gasteiger partial charge in [-0.05, 0) is 25.0 Å². The van der Waals surface area contributed by atoms with Gasteiger partial charge in [0.25, 0.3) is 0 Å². The van der Waals surface area contributed by atoms with Crippen LogP contribution in [0.1, 0.15) is 25.7 Å². The summed E-state index contributed by atoms with van der Waals surface area (Å²) in [7, 11) is 0. The Morgan fingerprint density at radius 3 is 2.86 bits per heavy atom. The van der Waals surface area contributed by atoms with Crippen LogP contribution in [0.15, 0.2) is 24.4 Å². The summed E-state index contributed by atoms with van der Waals surface area (Å²) in [6.07, 6.45) is 6.64. The van der Waals surface area contributed by atoms with Gasteiger partial charge in [-0.25, -0.2) is 4.98 Å². The molecule has 76 valence electrons. The SMILES string of the molecule is N[C@H]1CCCC[C@@H]1Nc1ccccn1. The Morgan fingerprint density at radius 1 is 1.29 bits per heavy atom. The maximum Gasteiger partial charge on any atom is 0.126 e. The molecule has 0 aromatic carbocycles. The van der Waals surface area contributed by atoms with E-state index in [9.17, 15) is 0 Å². The van der Waals surface area contributed by atoms with Crippen molar-refractivity contribution >= 4 is 5.82 Å². The molecule has 1 heterocycles. The summed E-state index contributed by atoms with van der Waals surface area (Å²) in [5.74, 6) is 0.940. The lowest BCUT2D eigenvalue weighted by molar-refractivity contribution is 0.403. The smallest absolute Gasteiger partial charge is 0.126 e. The fraction of sp³-hybridized carbons (Fsp3) is 0.545. The molecule has 1 aliphatic carbocycles. The summed E-state index contributed by atoms with van der Waals surface area (Å²) in [6, 6.07) is 6.58. The maximum absolute atomic E-state index is 6.04.